The number of phenolic OH excluding ortho intramolecular Hbond substituents is 1. The molecular formula is C17H15NO3. The van der Waals surface area contributed by atoms with Gasteiger partial charge in [-0.3, -0.25) is 4.79 Å². The highest BCUT2D eigenvalue weighted by Crippen LogP contribution is 2.29. The number of carboxylic acid groups (broad SMARTS) is 1. The Labute approximate surface area is 121 Å². The Kier molecular flexibility index (Phi) is 3.14. The first-order chi connectivity index (χ1) is 10.1. The molecule has 0 amide bonds. The molecule has 106 valence electrons. The van der Waals surface area contributed by atoms with Gasteiger partial charge in [-0.15, -0.1) is 0 Å². The molecule has 0 fully saturated rings. The summed E-state index contributed by atoms with van der Waals surface area (Å²) in [4.78, 5) is 14.8. The van der Waals surface area contributed by atoms with Crippen molar-refractivity contribution < 1.29 is 15.0 Å². The number of fused-ring (bicyclic) bond motifs is 1. The Morgan fingerprint density at radius 2 is 1.76 bits per heavy atom. The number of carbonyl (C=O) groups is 1. The third-order valence-electron chi connectivity index (χ3n) is 3.72. The van der Waals surface area contributed by atoms with Gasteiger partial charge in [-0.05, 0) is 47.9 Å². The summed E-state index contributed by atoms with van der Waals surface area (Å²) in [7, 11) is 0. The lowest BCUT2D eigenvalue weighted by Gasteiger charge is -2.14. The van der Waals surface area contributed by atoms with Crippen LogP contribution < -0.4 is 0 Å². The normalized spacial score (nSPS) is 12.4. The molecular weight excluding hydrogens is 266 g/mol. The number of aryl methyl sites for hydroxylation is 1. The minimum atomic E-state index is -0.909. The minimum Gasteiger partial charge on any atom is -0.508 e. The van der Waals surface area contributed by atoms with E-state index in [9.17, 15) is 15.0 Å². The molecule has 4 heteroatoms. The first-order valence-electron chi connectivity index (χ1n) is 6.65. The van der Waals surface area contributed by atoms with Crippen LogP contribution in [0.4, 0.5) is 0 Å². The quantitative estimate of drug-likeness (QED) is 0.689. The fraction of sp³-hybridized carbons (Fsp3) is 0.118. The van der Waals surface area contributed by atoms with Crippen molar-refractivity contribution in [3.8, 4) is 5.75 Å². The molecule has 0 spiro atoms. The summed E-state index contributed by atoms with van der Waals surface area (Å²) in [5.41, 5.74) is 3.45. The Hall–Kier alpha value is -2.75. The van der Waals surface area contributed by atoms with Crippen LogP contribution in [0, 0.1) is 6.92 Å². The number of aliphatic carboxylic acids is 1. The van der Waals surface area contributed by atoms with E-state index in [1.165, 1.54) is 12.1 Å². The molecule has 0 aliphatic carbocycles. The maximum absolute atomic E-state index is 11.7. The highest BCUT2D eigenvalue weighted by Gasteiger charge is 2.22. The SMILES string of the molecule is Cc1c[nH]c2ccc(C(C(=O)O)c3ccc(O)cc3)cc12. The summed E-state index contributed by atoms with van der Waals surface area (Å²) < 4.78 is 0. The third-order valence-corrected chi connectivity index (χ3v) is 3.72. The molecule has 0 saturated carbocycles. The van der Waals surface area contributed by atoms with Gasteiger partial charge in [0.2, 0.25) is 0 Å². The van der Waals surface area contributed by atoms with Gasteiger partial charge in [0.15, 0.2) is 0 Å². The average molecular weight is 281 g/mol. The number of carboxylic acids is 1. The largest absolute Gasteiger partial charge is 0.508 e. The van der Waals surface area contributed by atoms with E-state index >= 15 is 0 Å². The number of H-pyrrole nitrogens is 1. The predicted octanol–water partition coefficient (Wildman–Crippen LogP) is 3.40. The number of nitrogens with one attached hydrogen (secondary N) is 1. The second-order valence-electron chi connectivity index (χ2n) is 5.14. The van der Waals surface area contributed by atoms with E-state index in [-0.39, 0.29) is 5.75 Å². The minimum absolute atomic E-state index is 0.125. The Balaban J connectivity index is 2.12. The van der Waals surface area contributed by atoms with Gasteiger partial charge in [0, 0.05) is 17.1 Å². The van der Waals surface area contributed by atoms with Crippen molar-refractivity contribution >= 4 is 16.9 Å². The second-order valence-corrected chi connectivity index (χ2v) is 5.14. The molecule has 1 heterocycles. The zero-order valence-corrected chi connectivity index (χ0v) is 11.5. The van der Waals surface area contributed by atoms with Crippen molar-refractivity contribution in [2.75, 3.05) is 0 Å². The molecule has 4 nitrogen and oxygen atoms in total. The summed E-state index contributed by atoms with van der Waals surface area (Å²) in [6.07, 6.45) is 1.91. The van der Waals surface area contributed by atoms with Gasteiger partial charge in [0.1, 0.15) is 11.7 Å². The van der Waals surface area contributed by atoms with Gasteiger partial charge in [-0.1, -0.05) is 18.2 Å². The van der Waals surface area contributed by atoms with Gasteiger partial charge < -0.3 is 15.2 Å². The van der Waals surface area contributed by atoms with Crippen LogP contribution in [0.3, 0.4) is 0 Å². The number of phenols is 1. The maximum Gasteiger partial charge on any atom is 0.315 e. The van der Waals surface area contributed by atoms with Crippen LogP contribution in [-0.2, 0) is 4.79 Å². The van der Waals surface area contributed by atoms with E-state index in [2.05, 4.69) is 4.98 Å². The van der Waals surface area contributed by atoms with E-state index in [0.717, 1.165) is 22.0 Å². The molecule has 3 aromatic rings. The molecule has 3 rings (SSSR count). The smallest absolute Gasteiger partial charge is 0.315 e. The summed E-state index contributed by atoms with van der Waals surface area (Å²) >= 11 is 0. The third kappa shape index (κ3) is 2.36. The Morgan fingerprint density at radius 3 is 2.43 bits per heavy atom. The molecule has 0 aliphatic rings. The van der Waals surface area contributed by atoms with Gasteiger partial charge in [-0.2, -0.15) is 0 Å². The van der Waals surface area contributed by atoms with Crippen LogP contribution in [0.2, 0.25) is 0 Å². The maximum atomic E-state index is 11.7. The molecule has 2 aromatic carbocycles. The van der Waals surface area contributed by atoms with Gasteiger partial charge in [0.05, 0.1) is 0 Å². The number of hydrogen-bond donors (Lipinski definition) is 3. The Morgan fingerprint density at radius 1 is 1.10 bits per heavy atom. The van der Waals surface area contributed by atoms with Crippen LogP contribution in [-0.4, -0.2) is 21.2 Å². The van der Waals surface area contributed by atoms with Crippen molar-refractivity contribution in [1.29, 1.82) is 0 Å². The van der Waals surface area contributed by atoms with E-state index < -0.39 is 11.9 Å². The highest BCUT2D eigenvalue weighted by atomic mass is 16.4. The van der Waals surface area contributed by atoms with Crippen molar-refractivity contribution in [3.05, 3.63) is 65.4 Å². The van der Waals surface area contributed by atoms with Gasteiger partial charge >= 0.3 is 5.97 Å². The average Bonchev–Trinajstić information content (AvgIpc) is 2.82. The number of benzene rings is 2. The number of hydrogen-bond acceptors (Lipinski definition) is 2. The molecule has 0 aliphatic heterocycles. The lowest BCUT2D eigenvalue weighted by atomic mass is 9.90. The number of aromatic amines is 1. The number of aromatic nitrogens is 1. The summed E-state index contributed by atoms with van der Waals surface area (Å²) in [5, 5.41) is 19.9. The summed E-state index contributed by atoms with van der Waals surface area (Å²) in [6.45, 7) is 1.99. The van der Waals surface area contributed by atoms with Crippen LogP contribution in [0.25, 0.3) is 10.9 Å². The molecule has 3 N–H and O–H groups in total. The lowest BCUT2D eigenvalue weighted by molar-refractivity contribution is -0.137. The molecule has 0 bridgehead atoms. The van der Waals surface area contributed by atoms with E-state index in [1.54, 1.807) is 12.1 Å². The molecule has 0 saturated heterocycles. The fourth-order valence-electron chi connectivity index (χ4n) is 2.60. The Bertz CT molecular complexity index is 803. The number of aromatic hydroxyl groups is 1. The van der Waals surface area contributed by atoms with Crippen molar-refractivity contribution in [2.45, 2.75) is 12.8 Å². The second kappa shape index (κ2) is 4.98. The van der Waals surface area contributed by atoms with E-state index in [4.69, 9.17) is 0 Å². The van der Waals surface area contributed by atoms with E-state index in [0.29, 0.717) is 5.56 Å². The summed E-state index contributed by atoms with van der Waals surface area (Å²) in [6, 6.07) is 11.9. The van der Waals surface area contributed by atoms with E-state index in [1.807, 2.05) is 31.3 Å². The monoisotopic (exact) mass is 281 g/mol. The molecule has 0 radical (unpaired) electrons. The standard InChI is InChI=1S/C17H15NO3/c1-10-9-18-15-7-4-12(8-14(10)15)16(17(20)21)11-2-5-13(19)6-3-11/h2-9,16,18-19H,1H3,(H,20,21). The van der Waals surface area contributed by atoms with Crippen LogP contribution in [0.1, 0.15) is 22.6 Å². The van der Waals surface area contributed by atoms with Crippen molar-refractivity contribution in [1.82, 2.24) is 4.98 Å². The van der Waals surface area contributed by atoms with Crippen LogP contribution in [0.15, 0.2) is 48.7 Å². The molecule has 21 heavy (non-hydrogen) atoms. The van der Waals surface area contributed by atoms with Crippen LogP contribution >= 0.6 is 0 Å². The molecule has 1 aromatic heterocycles. The lowest BCUT2D eigenvalue weighted by Crippen LogP contribution is -2.12. The molecule has 1 unspecified atom stereocenters. The van der Waals surface area contributed by atoms with Crippen LogP contribution in [0.5, 0.6) is 5.75 Å². The van der Waals surface area contributed by atoms with Gasteiger partial charge in [0.25, 0.3) is 0 Å². The topological polar surface area (TPSA) is 73.3 Å². The number of rotatable bonds is 3. The van der Waals surface area contributed by atoms with Gasteiger partial charge in [-0.25, -0.2) is 0 Å². The molecule has 1 atom stereocenters. The zero-order chi connectivity index (χ0) is 15.0. The van der Waals surface area contributed by atoms with Crippen molar-refractivity contribution in [3.63, 3.8) is 0 Å². The fourth-order valence-corrected chi connectivity index (χ4v) is 2.60. The summed E-state index contributed by atoms with van der Waals surface area (Å²) in [5.74, 6) is -1.53. The first-order valence-corrected chi connectivity index (χ1v) is 6.65. The highest BCUT2D eigenvalue weighted by molar-refractivity contribution is 5.87. The first kappa shape index (κ1) is 13.2. The zero-order valence-electron chi connectivity index (χ0n) is 11.5. The predicted molar refractivity (Wildman–Crippen MR) is 80.6 cm³/mol. The van der Waals surface area contributed by atoms with Crippen molar-refractivity contribution in [2.24, 2.45) is 0 Å².